The molecule has 0 saturated carbocycles. The van der Waals surface area contributed by atoms with Gasteiger partial charge in [0.25, 0.3) is 0 Å². The maximum absolute atomic E-state index is 12.8. The molecule has 1 aromatic heterocycles. The average molecular weight is 363 g/mol. The Morgan fingerprint density at radius 3 is 2.44 bits per heavy atom. The van der Waals surface area contributed by atoms with Crippen molar-refractivity contribution in [2.75, 3.05) is 6.54 Å². The van der Waals surface area contributed by atoms with E-state index in [1.54, 1.807) is 18.2 Å². The first-order valence-electron chi connectivity index (χ1n) is 7.90. The van der Waals surface area contributed by atoms with Gasteiger partial charge in [0.05, 0.1) is 15.9 Å². The van der Waals surface area contributed by atoms with E-state index in [1.807, 2.05) is 0 Å². The molecule has 3 aromatic rings. The van der Waals surface area contributed by atoms with Crippen molar-refractivity contribution in [3.05, 3.63) is 64.3 Å². The highest BCUT2D eigenvalue weighted by molar-refractivity contribution is 7.89. The number of unbranched alkanes of at least 4 members (excludes halogenated alkanes) is 1. The number of rotatable bonds is 7. The van der Waals surface area contributed by atoms with Crippen LogP contribution in [0.15, 0.2) is 52.2 Å². The Bertz CT molecular complexity index is 1020. The van der Waals surface area contributed by atoms with Gasteiger partial charge in [0, 0.05) is 6.54 Å². The van der Waals surface area contributed by atoms with Crippen LogP contribution in [0.5, 0.6) is 0 Å². The van der Waals surface area contributed by atoms with Crippen molar-refractivity contribution in [1.29, 1.82) is 0 Å². The molecule has 25 heavy (non-hydrogen) atoms. The SMILES string of the molecule is O=c1[nH]c2ccc(S(=O)(=O)NCCCCc3ccc(F)cc3)cc2[nH]1. The van der Waals surface area contributed by atoms with Crippen molar-refractivity contribution in [2.45, 2.75) is 24.2 Å². The topological polar surface area (TPSA) is 94.8 Å². The summed E-state index contributed by atoms with van der Waals surface area (Å²) in [6.07, 6.45) is 2.22. The smallest absolute Gasteiger partial charge is 0.306 e. The maximum atomic E-state index is 12.8. The highest BCUT2D eigenvalue weighted by Crippen LogP contribution is 2.15. The number of hydrogen-bond acceptors (Lipinski definition) is 3. The molecule has 0 saturated heterocycles. The molecule has 3 N–H and O–H groups in total. The molecule has 2 aromatic carbocycles. The first-order chi connectivity index (χ1) is 11.9. The summed E-state index contributed by atoms with van der Waals surface area (Å²) in [5.74, 6) is -0.266. The van der Waals surface area contributed by atoms with Crippen molar-refractivity contribution < 1.29 is 12.8 Å². The van der Waals surface area contributed by atoms with Gasteiger partial charge in [0.15, 0.2) is 0 Å². The van der Waals surface area contributed by atoms with Crippen LogP contribution in [0.25, 0.3) is 11.0 Å². The number of halogens is 1. The summed E-state index contributed by atoms with van der Waals surface area (Å²) in [5.41, 5.74) is 1.65. The van der Waals surface area contributed by atoms with Gasteiger partial charge in [-0.15, -0.1) is 0 Å². The molecule has 3 rings (SSSR count). The second-order valence-electron chi connectivity index (χ2n) is 5.77. The molecular formula is C17H18FN3O3S. The molecule has 0 bridgehead atoms. The van der Waals surface area contributed by atoms with E-state index in [-0.39, 0.29) is 16.4 Å². The van der Waals surface area contributed by atoms with Crippen molar-refractivity contribution >= 4 is 21.1 Å². The summed E-state index contributed by atoms with van der Waals surface area (Å²) in [5, 5.41) is 0. The van der Waals surface area contributed by atoms with E-state index < -0.39 is 10.0 Å². The summed E-state index contributed by atoms with van der Waals surface area (Å²) in [4.78, 5) is 16.4. The number of hydrogen-bond donors (Lipinski definition) is 3. The minimum Gasteiger partial charge on any atom is -0.306 e. The van der Waals surface area contributed by atoms with Crippen molar-refractivity contribution in [3.63, 3.8) is 0 Å². The van der Waals surface area contributed by atoms with Crippen LogP contribution in [0.1, 0.15) is 18.4 Å². The molecular weight excluding hydrogens is 345 g/mol. The van der Waals surface area contributed by atoms with Crippen molar-refractivity contribution in [2.24, 2.45) is 0 Å². The molecule has 0 atom stereocenters. The molecule has 0 aliphatic carbocycles. The third-order valence-corrected chi connectivity index (χ3v) is 5.35. The van der Waals surface area contributed by atoms with Gasteiger partial charge in [-0.2, -0.15) is 0 Å². The van der Waals surface area contributed by atoms with Crippen LogP contribution in [0.4, 0.5) is 4.39 Å². The molecule has 132 valence electrons. The zero-order valence-electron chi connectivity index (χ0n) is 13.4. The highest BCUT2D eigenvalue weighted by Gasteiger charge is 2.14. The van der Waals surface area contributed by atoms with Crippen LogP contribution in [0.2, 0.25) is 0 Å². The summed E-state index contributed by atoms with van der Waals surface area (Å²) in [6.45, 7) is 0.311. The second kappa shape index (κ2) is 7.20. The summed E-state index contributed by atoms with van der Waals surface area (Å²) < 4.78 is 40.0. The maximum Gasteiger partial charge on any atom is 0.323 e. The first-order valence-corrected chi connectivity index (χ1v) is 9.38. The van der Waals surface area contributed by atoms with Crippen LogP contribution in [-0.2, 0) is 16.4 Å². The molecule has 0 aliphatic heterocycles. The number of benzene rings is 2. The molecule has 6 nitrogen and oxygen atoms in total. The molecule has 0 spiro atoms. The van der Waals surface area contributed by atoms with Gasteiger partial charge >= 0.3 is 5.69 Å². The molecule has 0 aliphatic rings. The summed E-state index contributed by atoms with van der Waals surface area (Å²) in [7, 11) is -3.63. The number of aryl methyl sites for hydroxylation is 1. The van der Waals surface area contributed by atoms with E-state index in [0.29, 0.717) is 24.0 Å². The largest absolute Gasteiger partial charge is 0.323 e. The molecule has 8 heteroatoms. The lowest BCUT2D eigenvalue weighted by Gasteiger charge is -2.07. The zero-order valence-corrected chi connectivity index (χ0v) is 14.2. The molecule has 0 radical (unpaired) electrons. The lowest BCUT2D eigenvalue weighted by atomic mass is 10.1. The lowest BCUT2D eigenvalue weighted by molar-refractivity contribution is 0.576. The van der Waals surface area contributed by atoms with Crippen LogP contribution < -0.4 is 10.4 Å². The summed E-state index contributed by atoms with van der Waals surface area (Å²) >= 11 is 0. The average Bonchev–Trinajstić information content (AvgIpc) is 2.95. The van der Waals surface area contributed by atoms with Crippen LogP contribution in [0.3, 0.4) is 0 Å². The molecule has 0 fully saturated rings. The Morgan fingerprint density at radius 1 is 0.960 bits per heavy atom. The molecule has 0 unspecified atom stereocenters. The number of H-pyrrole nitrogens is 2. The van der Waals surface area contributed by atoms with E-state index in [2.05, 4.69) is 14.7 Å². The predicted molar refractivity (Wildman–Crippen MR) is 93.4 cm³/mol. The van der Waals surface area contributed by atoms with Gasteiger partial charge in [-0.05, 0) is 55.2 Å². The predicted octanol–water partition coefficient (Wildman–Crippen LogP) is 2.30. The van der Waals surface area contributed by atoms with E-state index >= 15 is 0 Å². The first kappa shape index (κ1) is 17.4. The Balaban J connectivity index is 1.54. The van der Waals surface area contributed by atoms with Crippen LogP contribution in [0, 0.1) is 5.82 Å². The fraction of sp³-hybridized carbons (Fsp3) is 0.235. The van der Waals surface area contributed by atoms with E-state index in [9.17, 15) is 17.6 Å². The number of nitrogens with one attached hydrogen (secondary N) is 3. The molecule has 1 heterocycles. The number of aromatic amines is 2. The van der Waals surface area contributed by atoms with Gasteiger partial charge in [0.1, 0.15) is 5.82 Å². The van der Waals surface area contributed by atoms with Gasteiger partial charge in [0.2, 0.25) is 10.0 Å². The third-order valence-electron chi connectivity index (χ3n) is 3.90. The minimum absolute atomic E-state index is 0.105. The number of imidazole rings is 1. The quantitative estimate of drug-likeness (QED) is 0.562. The van der Waals surface area contributed by atoms with E-state index in [0.717, 1.165) is 18.4 Å². The third kappa shape index (κ3) is 4.34. The zero-order chi connectivity index (χ0) is 17.9. The fourth-order valence-corrected chi connectivity index (χ4v) is 3.67. The van der Waals surface area contributed by atoms with Gasteiger partial charge < -0.3 is 9.97 Å². The van der Waals surface area contributed by atoms with Gasteiger partial charge in [-0.25, -0.2) is 22.3 Å². The Morgan fingerprint density at radius 2 is 1.68 bits per heavy atom. The van der Waals surface area contributed by atoms with Crippen molar-refractivity contribution in [3.8, 4) is 0 Å². The van der Waals surface area contributed by atoms with E-state index in [4.69, 9.17) is 0 Å². The van der Waals surface area contributed by atoms with Crippen LogP contribution in [-0.4, -0.2) is 24.9 Å². The van der Waals surface area contributed by atoms with E-state index in [1.165, 1.54) is 24.3 Å². The van der Waals surface area contributed by atoms with Gasteiger partial charge in [-0.1, -0.05) is 12.1 Å². The minimum atomic E-state index is -3.63. The number of sulfonamides is 1. The Labute approximate surface area is 144 Å². The normalized spacial score (nSPS) is 11.9. The Kier molecular flexibility index (Phi) is 5.00. The lowest BCUT2D eigenvalue weighted by Crippen LogP contribution is -2.24. The highest BCUT2D eigenvalue weighted by atomic mass is 32.2. The fourth-order valence-electron chi connectivity index (χ4n) is 2.57. The van der Waals surface area contributed by atoms with Gasteiger partial charge in [-0.3, -0.25) is 0 Å². The van der Waals surface area contributed by atoms with Crippen LogP contribution >= 0.6 is 0 Å². The number of fused-ring (bicyclic) bond motifs is 1. The Hall–Kier alpha value is -2.45. The number of aromatic nitrogens is 2. The molecule has 0 amide bonds. The summed E-state index contributed by atoms with van der Waals surface area (Å²) in [6, 6.07) is 10.7. The second-order valence-corrected chi connectivity index (χ2v) is 7.53. The monoisotopic (exact) mass is 363 g/mol. The standard InChI is InChI=1S/C17H18FN3O3S/c18-13-6-4-12(5-7-13)3-1-2-10-19-25(23,24)14-8-9-15-16(11-14)21-17(22)20-15/h4-9,11,19H,1-3,10H2,(H2,20,21,22). The van der Waals surface area contributed by atoms with Crippen molar-refractivity contribution in [1.82, 2.24) is 14.7 Å².